The molecule has 0 saturated carbocycles. The number of halogens is 3. The molecule has 0 bridgehead atoms. The summed E-state index contributed by atoms with van der Waals surface area (Å²) in [6.45, 7) is 2.54. The SMILES string of the molecule is O=C(N1CCOCC1)N1CCC(C(O)C(F)(F)F)CC1. The predicted octanol–water partition coefficient (Wildman–Crippen LogP) is 1.07. The summed E-state index contributed by atoms with van der Waals surface area (Å²) in [6.07, 6.45) is -6.52. The minimum Gasteiger partial charge on any atom is -0.383 e. The van der Waals surface area contributed by atoms with E-state index in [9.17, 15) is 23.1 Å². The van der Waals surface area contributed by atoms with Crippen LogP contribution in [0.25, 0.3) is 0 Å². The van der Waals surface area contributed by atoms with Gasteiger partial charge in [0, 0.05) is 26.2 Å². The van der Waals surface area contributed by atoms with Crippen LogP contribution in [0.5, 0.6) is 0 Å². The highest BCUT2D eigenvalue weighted by Crippen LogP contribution is 2.31. The van der Waals surface area contributed by atoms with Gasteiger partial charge in [0.15, 0.2) is 6.10 Å². The van der Waals surface area contributed by atoms with Gasteiger partial charge in [0.2, 0.25) is 0 Å². The smallest absolute Gasteiger partial charge is 0.383 e. The number of aliphatic hydroxyl groups is 1. The Morgan fingerprint density at radius 3 is 2.10 bits per heavy atom. The van der Waals surface area contributed by atoms with Crippen LogP contribution in [-0.2, 0) is 4.74 Å². The number of hydrogen-bond acceptors (Lipinski definition) is 3. The van der Waals surface area contributed by atoms with Crippen molar-refractivity contribution < 1.29 is 27.8 Å². The van der Waals surface area contributed by atoms with Crippen molar-refractivity contribution in [1.29, 1.82) is 0 Å². The number of amides is 2. The highest BCUT2D eigenvalue weighted by atomic mass is 19.4. The van der Waals surface area contributed by atoms with Gasteiger partial charge in [-0.2, -0.15) is 13.2 Å². The molecule has 2 rings (SSSR count). The molecule has 0 aliphatic carbocycles. The van der Waals surface area contributed by atoms with Crippen molar-refractivity contribution in [2.45, 2.75) is 25.1 Å². The van der Waals surface area contributed by atoms with Crippen molar-refractivity contribution in [2.75, 3.05) is 39.4 Å². The van der Waals surface area contributed by atoms with Crippen LogP contribution in [0.1, 0.15) is 12.8 Å². The van der Waals surface area contributed by atoms with E-state index in [2.05, 4.69) is 0 Å². The molecule has 1 unspecified atom stereocenters. The Morgan fingerprint density at radius 1 is 1.10 bits per heavy atom. The number of ether oxygens (including phenoxy) is 1. The number of morpholine rings is 1. The molecule has 2 saturated heterocycles. The number of alkyl halides is 3. The highest BCUT2D eigenvalue weighted by molar-refractivity contribution is 5.74. The Bertz CT molecular complexity index is 337. The van der Waals surface area contributed by atoms with Gasteiger partial charge in [-0.1, -0.05) is 0 Å². The Morgan fingerprint density at radius 2 is 1.60 bits per heavy atom. The van der Waals surface area contributed by atoms with Gasteiger partial charge in [0.05, 0.1) is 13.2 Å². The number of likely N-dealkylation sites (tertiary alicyclic amines) is 1. The Kier molecular flexibility index (Phi) is 4.74. The van der Waals surface area contributed by atoms with Gasteiger partial charge < -0.3 is 19.6 Å². The van der Waals surface area contributed by atoms with Crippen molar-refractivity contribution in [2.24, 2.45) is 5.92 Å². The van der Waals surface area contributed by atoms with E-state index >= 15 is 0 Å². The first kappa shape index (κ1) is 15.4. The predicted molar refractivity (Wildman–Crippen MR) is 64.1 cm³/mol. The maximum atomic E-state index is 12.4. The monoisotopic (exact) mass is 296 g/mol. The van der Waals surface area contributed by atoms with Crippen molar-refractivity contribution >= 4 is 6.03 Å². The van der Waals surface area contributed by atoms with Gasteiger partial charge in [-0.25, -0.2) is 4.79 Å². The van der Waals surface area contributed by atoms with Crippen LogP contribution in [0.3, 0.4) is 0 Å². The lowest BCUT2D eigenvalue weighted by Gasteiger charge is -2.38. The number of carbonyl (C=O) groups excluding carboxylic acids is 1. The van der Waals surface area contributed by atoms with Crippen molar-refractivity contribution in [1.82, 2.24) is 9.80 Å². The minimum atomic E-state index is -4.58. The quantitative estimate of drug-likeness (QED) is 0.787. The van der Waals surface area contributed by atoms with E-state index in [0.29, 0.717) is 26.3 Å². The summed E-state index contributed by atoms with van der Waals surface area (Å²) in [4.78, 5) is 15.4. The van der Waals surface area contributed by atoms with Gasteiger partial charge in [-0.15, -0.1) is 0 Å². The number of urea groups is 1. The Balaban J connectivity index is 1.83. The first-order valence-corrected chi connectivity index (χ1v) is 6.76. The molecule has 0 aromatic rings. The van der Waals surface area contributed by atoms with Crippen molar-refractivity contribution in [3.63, 3.8) is 0 Å². The van der Waals surface area contributed by atoms with E-state index in [4.69, 9.17) is 4.74 Å². The lowest BCUT2D eigenvalue weighted by Crippen LogP contribution is -2.52. The molecule has 2 heterocycles. The standard InChI is InChI=1S/C12H19F3N2O3/c13-12(14,15)10(18)9-1-3-16(4-2-9)11(19)17-5-7-20-8-6-17/h9-10,18H,1-8H2. The van der Waals surface area contributed by atoms with Crippen molar-refractivity contribution in [3.05, 3.63) is 0 Å². The van der Waals surface area contributed by atoms with Crippen LogP contribution >= 0.6 is 0 Å². The van der Waals surface area contributed by atoms with Crippen LogP contribution < -0.4 is 0 Å². The average molecular weight is 296 g/mol. The second-order valence-corrected chi connectivity index (χ2v) is 5.19. The molecule has 2 amide bonds. The Labute approximate surface area is 115 Å². The molecule has 0 radical (unpaired) electrons. The molecule has 1 N–H and O–H groups in total. The fourth-order valence-electron chi connectivity index (χ4n) is 2.63. The molecule has 116 valence electrons. The van der Waals surface area contributed by atoms with Gasteiger partial charge in [0.25, 0.3) is 0 Å². The number of piperidine rings is 1. The maximum absolute atomic E-state index is 12.4. The molecular formula is C12H19F3N2O3. The van der Waals surface area contributed by atoms with Gasteiger partial charge in [0.1, 0.15) is 0 Å². The zero-order valence-corrected chi connectivity index (χ0v) is 11.1. The van der Waals surface area contributed by atoms with E-state index < -0.39 is 18.2 Å². The van der Waals surface area contributed by atoms with Crippen LogP contribution in [0.4, 0.5) is 18.0 Å². The molecule has 8 heteroatoms. The first-order valence-electron chi connectivity index (χ1n) is 6.76. The fourth-order valence-corrected chi connectivity index (χ4v) is 2.63. The molecule has 2 fully saturated rings. The van der Waals surface area contributed by atoms with Gasteiger partial charge >= 0.3 is 12.2 Å². The van der Waals surface area contributed by atoms with Crippen LogP contribution in [0.15, 0.2) is 0 Å². The van der Waals surface area contributed by atoms with E-state index in [0.717, 1.165) is 0 Å². The van der Waals surface area contributed by atoms with E-state index in [1.165, 1.54) is 0 Å². The Hall–Kier alpha value is -1.02. The van der Waals surface area contributed by atoms with E-state index in [-0.39, 0.29) is 32.0 Å². The number of rotatable bonds is 1. The largest absolute Gasteiger partial charge is 0.414 e. The average Bonchev–Trinajstić information content (AvgIpc) is 2.46. The molecule has 2 aliphatic heterocycles. The fraction of sp³-hybridized carbons (Fsp3) is 0.917. The van der Waals surface area contributed by atoms with Crippen LogP contribution in [0.2, 0.25) is 0 Å². The second-order valence-electron chi connectivity index (χ2n) is 5.19. The molecule has 5 nitrogen and oxygen atoms in total. The van der Waals surface area contributed by atoms with Crippen molar-refractivity contribution in [3.8, 4) is 0 Å². The minimum absolute atomic E-state index is 0.145. The molecule has 0 aromatic heterocycles. The third-order valence-electron chi connectivity index (χ3n) is 3.87. The normalized spacial score (nSPS) is 23.8. The second kappa shape index (κ2) is 6.17. The highest BCUT2D eigenvalue weighted by Gasteiger charge is 2.44. The van der Waals surface area contributed by atoms with E-state index in [1.807, 2.05) is 0 Å². The summed E-state index contributed by atoms with van der Waals surface area (Å²) in [7, 11) is 0. The zero-order chi connectivity index (χ0) is 14.8. The molecule has 1 atom stereocenters. The number of carbonyl (C=O) groups is 1. The summed E-state index contributed by atoms with van der Waals surface area (Å²) in [5.41, 5.74) is 0. The summed E-state index contributed by atoms with van der Waals surface area (Å²) in [5.74, 6) is -0.816. The maximum Gasteiger partial charge on any atom is 0.414 e. The molecule has 20 heavy (non-hydrogen) atoms. The summed E-state index contributed by atoms with van der Waals surface area (Å²) < 4.78 is 42.4. The third-order valence-corrected chi connectivity index (χ3v) is 3.87. The van der Waals surface area contributed by atoms with Crippen LogP contribution in [0, 0.1) is 5.92 Å². The number of hydrogen-bond donors (Lipinski definition) is 1. The summed E-state index contributed by atoms with van der Waals surface area (Å²) in [5, 5.41) is 9.23. The third kappa shape index (κ3) is 3.54. The van der Waals surface area contributed by atoms with Gasteiger partial charge in [-0.05, 0) is 18.8 Å². The number of aliphatic hydroxyl groups excluding tert-OH is 1. The lowest BCUT2D eigenvalue weighted by atomic mass is 9.91. The first-order chi connectivity index (χ1) is 9.39. The zero-order valence-electron chi connectivity index (χ0n) is 11.1. The number of nitrogens with zero attached hydrogens (tertiary/aromatic N) is 2. The topological polar surface area (TPSA) is 53.0 Å². The summed E-state index contributed by atoms with van der Waals surface area (Å²) >= 11 is 0. The lowest BCUT2D eigenvalue weighted by molar-refractivity contribution is -0.222. The van der Waals surface area contributed by atoms with E-state index in [1.54, 1.807) is 9.80 Å². The molecule has 0 spiro atoms. The molecular weight excluding hydrogens is 277 g/mol. The van der Waals surface area contributed by atoms with Gasteiger partial charge in [-0.3, -0.25) is 0 Å². The molecule has 2 aliphatic rings. The molecule has 0 aromatic carbocycles. The van der Waals surface area contributed by atoms with Crippen LogP contribution in [-0.4, -0.2) is 72.6 Å². The summed E-state index contributed by atoms with van der Waals surface area (Å²) in [6, 6.07) is -0.145.